The molecule has 0 aliphatic heterocycles. The fourth-order valence-corrected chi connectivity index (χ4v) is 1.24. The number of halogens is 2. The number of aliphatic carboxylic acids is 1. The Kier molecular flexibility index (Phi) is 3.82. The number of benzene rings is 1. The first-order valence-corrected chi connectivity index (χ1v) is 4.77. The molecule has 16 heavy (non-hydrogen) atoms. The van der Waals surface area contributed by atoms with Gasteiger partial charge in [0.15, 0.2) is 11.6 Å². The molecule has 88 valence electrons. The molecule has 0 heterocycles. The molecule has 1 N–H and O–H groups in total. The SMILES string of the molecule is CC(C)Oc1c(CC(=O)O)ccc(F)c1F. The summed E-state index contributed by atoms with van der Waals surface area (Å²) in [6.07, 6.45) is -0.761. The molecule has 1 aromatic rings. The van der Waals surface area contributed by atoms with Gasteiger partial charge in [-0.15, -0.1) is 0 Å². The van der Waals surface area contributed by atoms with E-state index in [4.69, 9.17) is 9.84 Å². The Bertz CT molecular complexity index is 402. The van der Waals surface area contributed by atoms with E-state index in [9.17, 15) is 13.6 Å². The first-order chi connectivity index (χ1) is 7.41. The van der Waals surface area contributed by atoms with Crippen LogP contribution in [0, 0.1) is 11.6 Å². The van der Waals surface area contributed by atoms with Crippen LogP contribution in [0.4, 0.5) is 8.78 Å². The monoisotopic (exact) mass is 230 g/mol. The second-order valence-electron chi connectivity index (χ2n) is 3.59. The van der Waals surface area contributed by atoms with Crippen LogP contribution < -0.4 is 4.74 Å². The maximum absolute atomic E-state index is 13.4. The zero-order valence-corrected chi connectivity index (χ0v) is 8.96. The number of hydrogen-bond acceptors (Lipinski definition) is 2. The molecule has 1 aromatic carbocycles. The fraction of sp³-hybridized carbons (Fsp3) is 0.364. The zero-order valence-electron chi connectivity index (χ0n) is 8.96. The maximum atomic E-state index is 13.4. The minimum absolute atomic E-state index is 0.125. The number of carboxylic acids is 1. The van der Waals surface area contributed by atoms with Crippen molar-refractivity contribution < 1.29 is 23.4 Å². The highest BCUT2D eigenvalue weighted by atomic mass is 19.2. The van der Waals surface area contributed by atoms with Crippen molar-refractivity contribution in [3.8, 4) is 5.75 Å². The molecule has 1 rings (SSSR count). The summed E-state index contributed by atoms with van der Waals surface area (Å²) in [5.74, 6) is -3.64. The van der Waals surface area contributed by atoms with E-state index in [1.54, 1.807) is 13.8 Å². The van der Waals surface area contributed by atoms with E-state index >= 15 is 0 Å². The van der Waals surface area contributed by atoms with Crippen LogP contribution in [0.1, 0.15) is 19.4 Å². The summed E-state index contributed by atoms with van der Waals surface area (Å²) < 4.78 is 31.4. The number of carbonyl (C=O) groups is 1. The van der Waals surface area contributed by atoms with E-state index in [2.05, 4.69) is 0 Å². The lowest BCUT2D eigenvalue weighted by Crippen LogP contribution is -2.12. The van der Waals surface area contributed by atoms with Gasteiger partial charge in [-0.25, -0.2) is 4.39 Å². The average Bonchev–Trinajstić information content (AvgIpc) is 2.16. The van der Waals surface area contributed by atoms with Crippen molar-refractivity contribution in [1.82, 2.24) is 0 Å². The summed E-state index contributed by atoms with van der Waals surface area (Å²) >= 11 is 0. The first kappa shape index (κ1) is 12.4. The molecular formula is C11H12F2O3. The normalized spacial score (nSPS) is 10.6. The third-order valence-electron chi connectivity index (χ3n) is 1.83. The van der Waals surface area contributed by atoms with Crippen LogP contribution in [-0.2, 0) is 11.2 Å². The molecule has 0 aromatic heterocycles. The molecule has 0 unspecified atom stereocenters. The van der Waals surface area contributed by atoms with E-state index in [1.165, 1.54) is 6.07 Å². The topological polar surface area (TPSA) is 46.5 Å². The Balaban J connectivity index is 3.15. The number of ether oxygens (including phenoxy) is 1. The second-order valence-corrected chi connectivity index (χ2v) is 3.59. The molecule has 3 nitrogen and oxygen atoms in total. The Hall–Kier alpha value is -1.65. The minimum atomic E-state index is -1.15. The Morgan fingerprint density at radius 2 is 2.06 bits per heavy atom. The molecule has 0 saturated carbocycles. The first-order valence-electron chi connectivity index (χ1n) is 4.77. The van der Waals surface area contributed by atoms with Crippen molar-refractivity contribution in [3.63, 3.8) is 0 Å². The lowest BCUT2D eigenvalue weighted by atomic mass is 10.1. The van der Waals surface area contributed by atoms with E-state index in [1.807, 2.05) is 0 Å². The van der Waals surface area contributed by atoms with Crippen LogP contribution in [0.15, 0.2) is 12.1 Å². The molecule has 0 radical (unpaired) electrons. The molecule has 0 saturated heterocycles. The molecule has 0 aliphatic carbocycles. The van der Waals surface area contributed by atoms with Crippen LogP contribution in [0.3, 0.4) is 0 Å². The van der Waals surface area contributed by atoms with E-state index in [0.717, 1.165) is 6.07 Å². The number of rotatable bonds is 4. The Labute approximate surface area is 91.7 Å². The van der Waals surface area contributed by atoms with E-state index in [-0.39, 0.29) is 17.4 Å². The van der Waals surface area contributed by atoms with Gasteiger partial charge in [0, 0.05) is 5.56 Å². The van der Waals surface area contributed by atoms with Gasteiger partial charge in [0.2, 0.25) is 5.82 Å². The Morgan fingerprint density at radius 3 is 2.56 bits per heavy atom. The predicted octanol–water partition coefficient (Wildman–Crippen LogP) is 2.38. The summed E-state index contributed by atoms with van der Waals surface area (Å²) in [5.41, 5.74) is 0.125. The predicted molar refractivity (Wildman–Crippen MR) is 53.5 cm³/mol. The minimum Gasteiger partial charge on any atom is -0.488 e. The van der Waals surface area contributed by atoms with Crippen molar-refractivity contribution in [1.29, 1.82) is 0 Å². The van der Waals surface area contributed by atoms with Crippen molar-refractivity contribution >= 4 is 5.97 Å². The standard InChI is InChI=1S/C11H12F2O3/c1-6(2)16-11-7(5-9(14)15)3-4-8(12)10(11)13/h3-4,6H,5H2,1-2H3,(H,14,15). The quantitative estimate of drug-likeness (QED) is 0.863. The lowest BCUT2D eigenvalue weighted by Gasteiger charge is -2.14. The van der Waals surface area contributed by atoms with Crippen LogP contribution in [0.2, 0.25) is 0 Å². The highest BCUT2D eigenvalue weighted by Crippen LogP contribution is 2.26. The van der Waals surface area contributed by atoms with Crippen molar-refractivity contribution in [3.05, 3.63) is 29.3 Å². The lowest BCUT2D eigenvalue weighted by molar-refractivity contribution is -0.136. The summed E-state index contributed by atoms with van der Waals surface area (Å²) in [4.78, 5) is 10.5. The van der Waals surface area contributed by atoms with Crippen molar-refractivity contribution in [2.45, 2.75) is 26.4 Å². The van der Waals surface area contributed by atoms with Gasteiger partial charge in [0.25, 0.3) is 0 Å². The van der Waals surface area contributed by atoms with Gasteiger partial charge in [-0.05, 0) is 19.9 Å². The molecular weight excluding hydrogens is 218 g/mol. The third kappa shape index (κ3) is 2.92. The summed E-state index contributed by atoms with van der Waals surface area (Å²) in [7, 11) is 0. The molecule has 5 heteroatoms. The van der Waals surface area contributed by atoms with Crippen LogP contribution >= 0.6 is 0 Å². The molecule has 0 amide bonds. The molecule has 0 spiro atoms. The van der Waals surface area contributed by atoms with Gasteiger partial charge >= 0.3 is 5.97 Å². The van der Waals surface area contributed by atoms with Gasteiger partial charge in [-0.3, -0.25) is 4.79 Å². The fourth-order valence-electron chi connectivity index (χ4n) is 1.24. The molecule has 0 bridgehead atoms. The van der Waals surface area contributed by atoms with Gasteiger partial charge in [0.05, 0.1) is 12.5 Å². The molecule has 0 fully saturated rings. The maximum Gasteiger partial charge on any atom is 0.307 e. The average molecular weight is 230 g/mol. The van der Waals surface area contributed by atoms with E-state index in [0.29, 0.717) is 0 Å². The van der Waals surface area contributed by atoms with Crippen molar-refractivity contribution in [2.24, 2.45) is 0 Å². The van der Waals surface area contributed by atoms with Gasteiger partial charge in [-0.1, -0.05) is 6.07 Å². The largest absolute Gasteiger partial charge is 0.488 e. The number of hydrogen-bond donors (Lipinski definition) is 1. The summed E-state index contributed by atoms with van der Waals surface area (Å²) in [5, 5.41) is 8.61. The summed E-state index contributed by atoms with van der Waals surface area (Å²) in [6.45, 7) is 3.30. The highest BCUT2D eigenvalue weighted by molar-refractivity contribution is 5.71. The van der Waals surface area contributed by atoms with E-state index < -0.39 is 24.0 Å². The third-order valence-corrected chi connectivity index (χ3v) is 1.83. The van der Waals surface area contributed by atoms with Gasteiger partial charge < -0.3 is 9.84 Å². The zero-order chi connectivity index (χ0) is 12.3. The smallest absolute Gasteiger partial charge is 0.307 e. The number of carboxylic acid groups (broad SMARTS) is 1. The van der Waals surface area contributed by atoms with Gasteiger partial charge in [-0.2, -0.15) is 4.39 Å². The molecule has 0 atom stereocenters. The highest BCUT2D eigenvalue weighted by Gasteiger charge is 2.17. The second kappa shape index (κ2) is 4.92. The Morgan fingerprint density at radius 1 is 1.44 bits per heavy atom. The van der Waals surface area contributed by atoms with Crippen LogP contribution in [0.5, 0.6) is 5.75 Å². The van der Waals surface area contributed by atoms with Crippen LogP contribution in [0.25, 0.3) is 0 Å². The van der Waals surface area contributed by atoms with Crippen LogP contribution in [-0.4, -0.2) is 17.2 Å². The summed E-state index contributed by atoms with van der Waals surface area (Å²) in [6, 6.07) is 2.10. The van der Waals surface area contributed by atoms with Crippen molar-refractivity contribution in [2.75, 3.05) is 0 Å². The van der Waals surface area contributed by atoms with Gasteiger partial charge in [0.1, 0.15) is 0 Å². The molecule has 0 aliphatic rings.